The van der Waals surface area contributed by atoms with Crippen LogP contribution < -0.4 is 5.32 Å². The van der Waals surface area contributed by atoms with Crippen molar-refractivity contribution in [3.8, 4) is 0 Å². The number of H-pyrrole nitrogens is 1. The van der Waals surface area contributed by atoms with Gasteiger partial charge in [-0.3, -0.25) is 4.79 Å². The molecule has 0 atom stereocenters. The van der Waals surface area contributed by atoms with Gasteiger partial charge in [-0.1, -0.05) is 11.6 Å². The summed E-state index contributed by atoms with van der Waals surface area (Å²) in [6.45, 7) is 3.16. The molecule has 0 spiro atoms. The highest BCUT2D eigenvalue weighted by Crippen LogP contribution is 2.23. The van der Waals surface area contributed by atoms with Gasteiger partial charge in [0.1, 0.15) is 11.6 Å². The Labute approximate surface area is 158 Å². The molecule has 1 aliphatic heterocycles. The second-order valence-electron chi connectivity index (χ2n) is 6.79. The molecule has 1 aromatic carbocycles. The SMILES string of the molecule is O=C(CCC1CCN(CCc2ncc[nH]2)CC1)Nc1ccc(F)c(Cl)c1. The number of hydrogen-bond acceptors (Lipinski definition) is 3. The summed E-state index contributed by atoms with van der Waals surface area (Å²) in [6, 6.07) is 4.22. The number of rotatable bonds is 7. The van der Waals surface area contributed by atoms with Gasteiger partial charge in [-0.2, -0.15) is 0 Å². The minimum atomic E-state index is -0.483. The van der Waals surface area contributed by atoms with Gasteiger partial charge in [0.2, 0.25) is 5.91 Å². The lowest BCUT2D eigenvalue weighted by Gasteiger charge is -2.31. The summed E-state index contributed by atoms with van der Waals surface area (Å²) in [4.78, 5) is 21.9. The number of amides is 1. The Morgan fingerprint density at radius 1 is 1.38 bits per heavy atom. The first-order valence-electron chi connectivity index (χ1n) is 9.05. The third-order valence-electron chi connectivity index (χ3n) is 4.91. The van der Waals surface area contributed by atoms with Crippen LogP contribution in [0.2, 0.25) is 5.02 Å². The number of benzene rings is 1. The van der Waals surface area contributed by atoms with E-state index in [1.54, 1.807) is 6.20 Å². The van der Waals surface area contributed by atoms with Gasteiger partial charge < -0.3 is 15.2 Å². The second kappa shape index (κ2) is 9.14. The predicted octanol–water partition coefficient (Wildman–Crippen LogP) is 3.88. The van der Waals surface area contributed by atoms with Gasteiger partial charge in [0.15, 0.2) is 0 Å². The number of aromatic amines is 1. The van der Waals surface area contributed by atoms with E-state index >= 15 is 0 Å². The predicted molar refractivity (Wildman–Crippen MR) is 101 cm³/mol. The molecular weight excluding hydrogens is 355 g/mol. The molecule has 7 heteroatoms. The van der Waals surface area contributed by atoms with Crippen LogP contribution in [-0.4, -0.2) is 40.4 Å². The molecule has 2 aromatic rings. The average molecular weight is 379 g/mol. The van der Waals surface area contributed by atoms with Crippen LogP contribution >= 0.6 is 11.6 Å². The van der Waals surface area contributed by atoms with E-state index in [4.69, 9.17) is 11.6 Å². The Kier molecular flexibility index (Phi) is 6.63. The van der Waals surface area contributed by atoms with Crippen molar-refractivity contribution in [2.24, 2.45) is 5.92 Å². The number of carbonyl (C=O) groups excluding carboxylic acids is 1. The van der Waals surface area contributed by atoms with Gasteiger partial charge in [-0.25, -0.2) is 9.37 Å². The molecular formula is C19H24ClFN4O. The number of piperidine rings is 1. The third-order valence-corrected chi connectivity index (χ3v) is 5.20. The molecule has 2 heterocycles. The van der Waals surface area contributed by atoms with E-state index in [1.165, 1.54) is 18.2 Å². The summed E-state index contributed by atoms with van der Waals surface area (Å²) in [5.74, 6) is 1.08. The number of aromatic nitrogens is 2. The van der Waals surface area contributed by atoms with Crippen LogP contribution in [0.5, 0.6) is 0 Å². The van der Waals surface area contributed by atoms with E-state index < -0.39 is 5.82 Å². The molecule has 140 valence electrons. The fourth-order valence-electron chi connectivity index (χ4n) is 3.33. The lowest BCUT2D eigenvalue weighted by molar-refractivity contribution is -0.116. The van der Waals surface area contributed by atoms with Crippen LogP contribution in [0.25, 0.3) is 0 Å². The standard InChI is InChI=1S/C19H24ClFN4O/c20-16-13-15(2-3-17(16)21)24-19(26)4-1-14-5-10-25(11-6-14)12-7-18-22-8-9-23-18/h2-3,8-9,13-14H,1,4-7,10-12H2,(H,22,23)(H,24,26). The molecule has 1 aliphatic rings. The second-order valence-corrected chi connectivity index (χ2v) is 7.19. The normalized spacial score (nSPS) is 15.9. The fourth-order valence-corrected chi connectivity index (χ4v) is 3.51. The van der Waals surface area contributed by atoms with Crippen molar-refractivity contribution in [3.63, 3.8) is 0 Å². The number of likely N-dealkylation sites (tertiary alicyclic amines) is 1. The van der Waals surface area contributed by atoms with Crippen molar-refractivity contribution < 1.29 is 9.18 Å². The van der Waals surface area contributed by atoms with Gasteiger partial charge in [-0.05, 0) is 56.5 Å². The fraction of sp³-hybridized carbons (Fsp3) is 0.474. The van der Waals surface area contributed by atoms with Gasteiger partial charge in [0.05, 0.1) is 5.02 Å². The summed E-state index contributed by atoms with van der Waals surface area (Å²) >= 11 is 5.73. The maximum Gasteiger partial charge on any atom is 0.224 e. The highest BCUT2D eigenvalue weighted by Gasteiger charge is 2.20. The van der Waals surface area contributed by atoms with E-state index in [2.05, 4.69) is 20.2 Å². The summed E-state index contributed by atoms with van der Waals surface area (Å²) in [6.07, 6.45) is 8.18. The molecule has 2 N–H and O–H groups in total. The Balaban J connectivity index is 1.34. The molecule has 1 aromatic heterocycles. The van der Waals surface area contributed by atoms with E-state index in [0.717, 1.165) is 51.1 Å². The van der Waals surface area contributed by atoms with Crippen molar-refractivity contribution in [1.29, 1.82) is 0 Å². The monoisotopic (exact) mass is 378 g/mol. The van der Waals surface area contributed by atoms with Crippen molar-refractivity contribution in [1.82, 2.24) is 14.9 Å². The molecule has 0 saturated carbocycles. The van der Waals surface area contributed by atoms with E-state index in [-0.39, 0.29) is 10.9 Å². The summed E-state index contributed by atoms with van der Waals surface area (Å²) in [5.41, 5.74) is 0.536. The molecule has 0 unspecified atom stereocenters. The number of halogens is 2. The van der Waals surface area contributed by atoms with Crippen LogP contribution in [0, 0.1) is 11.7 Å². The number of hydrogen-bond donors (Lipinski definition) is 2. The lowest BCUT2D eigenvalue weighted by Crippen LogP contribution is -2.35. The molecule has 1 amide bonds. The number of nitrogens with zero attached hydrogens (tertiary/aromatic N) is 2. The number of imidazole rings is 1. The Hall–Kier alpha value is -1.92. The maximum atomic E-state index is 13.1. The zero-order valence-electron chi connectivity index (χ0n) is 14.7. The highest BCUT2D eigenvalue weighted by molar-refractivity contribution is 6.31. The summed E-state index contributed by atoms with van der Waals surface area (Å²) < 4.78 is 13.1. The molecule has 1 fully saturated rings. The Morgan fingerprint density at radius 3 is 2.88 bits per heavy atom. The van der Waals surface area contributed by atoms with Crippen LogP contribution in [0.3, 0.4) is 0 Å². The molecule has 26 heavy (non-hydrogen) atoms. The van der Waals surface area contributed by atoms with Crippen molar-refractivity contribution in [2.45, 2.75) is 32.1 Å². The molecule has 0 radical (unpaired) electrons. The van der Waals surface area contributed by atoms with Crippen LogP contribution in [0.4, 0.5) is 10.1 Å². The Morgan fingerprint density at radius 2 is 2.19 bits per heavy atom. The van der Waals surface area contributed by atoms with Gasteiger partial charge >= 0.3 is 0 Å². The first kappa shape index (κ1) is 18.9. The molecule has 1 saturated heterocycles. The molecule has 0 bridgehead atoms. The minimum Gasteiger partial charge on any atom is -0.349 e. The first-order chi connectivity index (χ1) is 12.6. The minimum absolute atomic E-state index is 0.0183. The molecule has 5 nitrogen and oxygen atoms in total. The van der Waals surface area contributed by atoms with E-state index in [0.29, 0.717) is 18.0 Å². The zero-order chi connectivity index (χ0) is 18.4. The van der Waals surface area contributed by atoms with E-state index in [9.17, 15) is 9.18 Å². The smallest absolute Gasteiger partial charge is 0.224 e. The van der Waals surface area contributed by atoms with Gasteiger partial charge in [-0.15, -0.1) is 0 Å². The molecule has 3 rings (SSSR count). The first-order valence-corrected chi connectivity index (χ1v) is 9.43. The Bertz CT molecular complexity index is 714. The maximum absolute atomic E-state index is 13.1. The molecule has 0 aliphatic carbocycles. The lowest BCUT2D eigenvalue weighted by atomic mass is 9.92. The van der Waals surface area contributed by atoms with Crippen molar-refractivity contribution in [2.75, 3.05) is 25.0 Å². The van der Waals surface area contributed by atoms with Crippen LogP contribution in [0.15, 0.2) is 30.6 Å². The quantitative estimate of drug-likeness (QED) is 0.768. The third kappa shape index (κ3) is 5.54. The highest BCUT2D eigenvalue weighted by atomic mass is 35.5. The van der Waals surface area contributed by atoms with Crippen molar-refractivity contribution in [3.05, 3.63) is 47.3 Å². The van der Waals surface area contributed by atoms with Gasteiger partial charge in [0.25, 0.3) is 0 Å². The number of carbonyl (C=O) groups is 1. The topological polar surface area (TPSA) is 61.0 Å². The zero-order valence-corrected chi connectivity index (χ0v) is 15.4. The summed E-state index contributed by atoms with van der Waals surface area (Å²) in [7, 11) is 0. The van der Waals surface area contributed by atoms with E-state index in [1.807, 2.05) is 6.20 Å². The number of nitrogens with one attached hydrogen (secondary N) is 2. The van der Waals surface area contributed by atoms with Crippen LogP contribution in [-0.2, 0) is 11.2 Å². The largest absolute Gasteiger partial charge is 0.349 e. The van der Waals surface area contributed by atoms with Gasteiger partial charge in [0, 0.05) is 37.5 Å². The average Bonchev–Trinajstić information content (AvgIpc) is 3.16. The summed E-state index contributed by atoms with van der Waals surface area (Å²) in [5, 5.41) is 2.80. The van der Waals surface area contributed by atoms with Crippen LogP contribution in [0.1, 0.15) is 31.5 Å². The number of anilines is 1. The van der Waals surface area contributed by atoms with Crippen molar-refractivity contribution >= 4 is 23.2 Å².